The molecule has 1 N–H and O–H groups in total. The topological polar surface area (TPSA) is 83.2 Å². The van der Waals surface area contributed by atoms with Crippen molar-refractivity contribution < 1.29 is 8.42 Å². The van der Waals surface area contributed by atoms with Gasteiger partial charge in [0.2, 0.25) is 0 Å². The zero-order chi connectivity index (χ0) is 12.8. The fourth-order valence-electron chi connectivity index (χ4n) is 0.893. The van der Waals surface area contributed by atoms with Gasteiger partial charge in [0.05, 0.1) is 0 Å². The van der Waals surface area contributed by atoms with Crippen LogP contribution in [0.15, 0.2) is 12.1 Å². The molecule has 1 heterocycles. The van der Waals surface area contributed by atoms with Gasteiger partial charge in [-0.25, -0.2) is 13.5 Å². The molecule has 0 saturated carbocycles. The van der Waals surface area contributed by atoms with Crippen molar-refractivity contribution in [3.05, 3.63) is 0 Å². The van der Waals surface area contributed by atoms with E-state index in [4.69, 9.17) is 32.6 Å². The third-order valence-electron chi connectivity index (χ3n) is 1.08. The molecule has 0 amide bonds. The molecule has 0 radical (unpaired) electrons. The van der Waals surface area contributed by atoms with Crippen LogP contribution in [-0.2, 0) is 18.3 Å². The van der Waals surface area contributed by atoms with Crippen LogP contribution < -0.4 is 5.09 Å². The van der Waals surface area contributed by atoms with Crippen molar-refractivity contribution in [3.63, 3.8) is 0 Å². The maximum atomic E-state index is 11.5. The Bertz CT molecular complexity index is 579. The molecule has 12 heteroatoms. The lowest BCUT2D eigenvalue weighted by molar-refractivity contribution is 0.529. The van der Waals surface area contributed by atoms with E-state index < -0.39 is 30.5 Å². The third kappa shape index (κ3) is 4.68. The first-order valence-corrected chi connectivity index (χ1v) is 11.1. The summed E-state index contributed by atoms with van der Waals surface area (Å²) in [5.41, 5.74) is -0.474. The molecular weight excluding hydrogens is 338 g/mol. The second-order valence-corrected chi connectivity index (χ2v) is 12.7. The highest BCUT2D eigenvalue weighted by Crippen LogP contribution is 2.58. The van der Waals surface area contributed by atoms with Gasteiger partial charge in [-0.15, -0.1) is 8.28 Å². The predicted octanol–water partition coefficient (Wildman–Crippen LogP) is 3.65. The lowest BCUT2D eigenvalue weighted by Gasteiger charge is -2.26. The Labute approximate surface area is 109 Å². The highest BCUT2D eigenvalue weighted by atomic mass is 35.7. The first-order valence-electron chi connectivity index (χ1n) is 3.91. The number of nitrogens with one attached hydrogen (secondary N) is 1. The summed E-state index contributed by atoms with van der Waals surface area (Å²) in [5, 5.41) is 2.80. The smallest absolute Gasteiger partial charge is 0.247 e. The number of hydrogen-bond acceptors (Lipinski definition) is 4. The van der Waals surface area contributed by atoms with Gasteiger partial charge < -0.3 is 0 Å². The van der Waals surface area contributed by atoms with Crippen LogP contribution in [0.25, 0.3) is 0 Å². The Morgan fingerprint density at radius 1 is 1.19 bits per heavy atom. The van der Waals surface area contributed by atoms with E-state index in [0.717, 1.165) is 0 Å². The van der Waals surface area contributed by atoms with E-state index in [9.17, 15) is 8.42 Å². The van der Waals surface area contributed by atoms with Gasteiger partial charge >= 0.3 is 0 Å². The van der Waals surface area contributed by atoms with Crippen LogP contribution >= 0.6 is 39.3 Å². The first kappa shape index (κ1) is 15.0. The van der Waals surface area contributed by atoms with Crippen molar-refractivity contribution in [1.29, 1.82) is 0 Å². The molecule has 0 fully saturated rings. The fourth-order valence-corrected chi connectivity index (χ4v) is 12.4. The summed E-state index contributed by atoms with van der Waals surface area (Å²) in [4.78, 5) is 0. The van der Waals surface area contributed by atoms with Gasteiger partial charge in [0.25, 0.3) is 25.0 Å². The van der Waals surface area contributed by atoms with E-state index in [1.54, 1.807) is 20.8 Å². The van der Waals surface area contributed by atoms with Crippen molar-refractivity contribution in [2.45, 2.75) is 26.3 Å². The Hall–Kier alpha value is 0.960. The predicted molar refractivity (Wildman–Crippen MR) is 70.9 cm³/mol. The van der Waals surface area contributed by atoms with Crippen molar-refractivity contribution in [1.82, 2.24) is 5.09 Å². The maximum Gasteiger partial charge on any atom is 0.254 e. The lowest BCUT2D eigenvalue weighted by atomic mass is 10.1. The largest absolute Gasteiger partial charge is 0.254 e. The monoisotopic (exact) mass is 346 g/mol. The quantitative estimate of drug-likeness (QED) is 0.580. The van der Waals surface area contributed by atoms with Crippen LogP contribution in [0.4, 0.5) is 0 Å². The third-order valence-corrected chi connectivity index (χ3v) is 10.3. The molecule has 16 heavy (non-hydrogen) atoms. The van der Waals surface area contributed by atoms with Crippen molar-refractivity contribution in [2.24, 2.45) is 12.1 Å². The van der Waals surface area contributed by atoms with Gasteiger partial charge in [0.15, 0.2) is 0 Å². The second-order valence-electron chi connectivity index (χ2n) is 3.99. The zero-order valence-corrected chi connectivity index (χ0v) is 13.4. The number of rotatable bonds is 1. The molecule has 0 bridgehead atoms. The summed E-state index contributed by atoms with van der Waals surface area (Å²) in [5.74, 6) is 0. The summed E-state index contributed by atoms with van der Waals surface area (Å²) in [6.07, 6.45) is 0. The van der Waals surface area contributed by atoms with Crippen LogP contribution in [0.2, 0.25) is 0 Å². The summed E-state index contributed by atoms with van der Waals surface area (Å²) < 4.78 is 33.4. The molecule has 0 aromatic rings. The van der Waals surface area contributed by atoms with E-state index in [-0.39, 0.29) is 0 Å². The van der Waals surface area contributed by atoms with E-state index in [1.165, 1.54) is 0 Å². The van der Waals surface area contributed by atoms with Crippen LogP contribution in [0, 0.1) is 0 Å². The minimum Gasteiger partial charge on any atom is -0.247 e. The van der Waals surface area contributed by atoms with E-state index in [1.807, 2.05) is 0 Å². The van der Waals surface area contributed by atoms with Gasteiger partial charge in [0.1, 0.15) is 0 Å². The average molecular weight is 348 g/mol. The molecule has 1 rings (SSSR count). The molecule has 3 atom stereocenters. The fraction of sp³-hybridized carbons (Fsp3) is 1.00. The molecule has 3 unspecified atom stereocenters. The van der Waals surface area contributed by atoms with E-state index >= 15 is 0 Å². The van der Waals surface area contributed by atoms with Crippen LogP contribution in [-0.4, -0.2) is 14.0 Å². The summed E-state index contributed by atoms with van der Waals surface area (Å²) in [6, 6.07) is 0. The summed E-state index contributed by atoms with van der Waals surface area (Å²) in [7, 11) is 3.80. The van der Waals surface area contributed by atoms with Crippen molar-refractivity contribution >= 4 is 57.6 Å². The highest BCUT2D eigenvalue weighted by molar-refractivity contribution is 8.28. The summed E-state index contributed by atoms with van der Waals surface area (Å²) in [6.45, 7) is 2.21. The molecule has 1 aliphatic rings. The average Bonchev–Trinajstić information content (AvgIpc) is 1.66. The van der Waals surface area contributed by atoms with Gasteiger partial charge in [0, 0.05) is 26.9 Å². The van der Waals surface area contributed by atoms with Crippen molar-refractivity contribution in [2.75, 3.05) is 0 Å². The molecular formula is C4H10Cl3N4O2PS2. The lowest BCUT2D eigenvalue weighted by Crippen LogP contribution is -2.31. The minimum atomic E-state index is -3.54. The standard InChI is InChI=1S/C4H10Cl3N4O2PS2/c1-4(2,3)8-14(5)9-15(6,12)11-16(7,13)10-14/h8H,1-3H3. The first-order chi connectivity index (χ1) is 6.83. The second kappa shape index (κ2) is 4.26. The molecule has 0 aromatic heterocycles. The Morgan fingerprint density at radius 3 is 2.06 bits per heavy atom. The van der Waals surface area contributed by atoms with Gasteiger partial charge in [-0.05, 0) is 32.0 Å². The number of halogens is 3. The van der Waals surface area contributed by atoms with Crippen LogP contribution in [0.5, 0.6) is 0 Å². The Morgan fingerprint density at radius 2 is 1.69 bits per heavy atom. The van der Waals surface area contributed by atoms with E-state index in [0.29, 0.717) is 0 Å². The van der Waals surface area contributed by atoms with Crippen molar-refractivity contribution in [3.8, 4) is 0 Å². The molecule has 0 spiro atoms. The number of nitrogens with zero attached hydrogens (tertiary/aromatic N) is 3. The van der Waals surface area contributed by atoms with Gasteiger partial charge in [-0.3, -0.25) is 0 Å². The normalized spacial score (nSPS) is 44.1. The maximum absolute atomic E-state index is 11.5. The van der Waals surface area contributed by atoms with Crippen LogP contribution in [0.1, 0.15) is 20.8 Å². The molecule has 0 aromatic carbocycles. The van der Waals surface area contributed by atoms with E-state index in [2.05, 4.69) is 17.1 Å². The van der Waals surface area contributed by atoms with Gasteiger partial charge in [-0.2, -0.15) is 0 Å². The van der Waals surface area contributed by atoms with Gasteiger partial charge in [-0.1, -0.05) is 3.77 Å². The zero-order valence-electron chi connectivity index (χ0n) is 8.56. The minimum absolute atomic E-state index is 0.474. The molecule has 96 valence electrons. The number of hydrogen-bond donors (Lipinski definition) is 1. The molecule has 1 aliphatic heterocycles. The Balaban J connectivity index is 3.45. The van der Waals surface area contributed by atoms with Crippen LogP contribution in [0.3, 0.4) is 0 Å². The molecule has 0 saturated heterocycles. The molecule has 0 aliphatic carbocycles. The summed E-state index contributed by atoms with van der Waals surface area (Å²) >= 11 is 6.01. The SMILES string of the molecule is CC(C)(C)NP1(Cl)=NS(=O)(Cl)=NS(=O)(Cl)=N1. The molecule has 6 nitrogen and oxygen atoms in total. The highest BCUT2D eigenvalue weighted by Gasteiger charge is 2.31. The Kier molecular flexibility index (Phi) is 4.00.